The number of carbonyl (C=O) groups excluding carboxylic acids is 1. The molecule has 0 radical (unpaired) electrons. The number of aromatic nitrogens is 1. The molecule has 0 spiro atoms. The van der Waals surface area contributed by atoms with Crippen molar-refractivity contribution in [2.75, 3.05) is 0 Å². The summed E-state index contributed by atoms with van der Waals surface area (Å²) < 4.78 is 0. The highest BCUT2D eigenvalue weighted by atomic mass is 16.1. The molecule has 0 saturated heterocycles. The Hall–Kier alpha value is -2.35. The van der Waals surface area contributed by atoms with Crippen LogP contribution >= 0.6 is 0 Å². The van der Waals surface area contributed by atoms with Crippen LogP contribution in [0.4, 0.5) is 0 Å². The lowest BCUT2D eigenvalue weighted by atomic mass is 9.92. The van der Waals surface area contributed by atoms with Crippen LogP contribution < -0.4 is 0 Å². The lowest BCUT2D eigenvalue weighted by Crippen LogP contribution is -2.15. The van der Waals surface area contributed by atoms with Crippen LogP contribution in [0.3, 0.4) is 0 Å². The summed E-state index contributed by atoms with van der Waals surface area (Å²) in [5, 5.41) is 1.22. The van der Waals surface area contributed by atoms with Crippen LogP contribution in [-0.4, -0.2) is 10.8 Å². The van der Waals surface area contributed by atoms with E-state index in [0.717, 1.165) is 23.9 Å². The van der Waals surface area contributed by atoms with Crippen molar-refractivity contribution in [1.29, 1.82) is 0 Å². The Morgan fingerprint density at radius 3 is 2.61 bits per heavy atom. The van der Waals surface area contributed by atoms with Crippen molar-refractivity contribution in [3.05, 3.63) is 60.3 Å². The summed E-state index contributed by atoms with van der Waals surface area (Å²) >= 11 is 0. The highest BCUT2D eigenvalue weighted by Gasteiger charge is 2.15. The van der Waals surface area contributed by atoms with Gasteiger partial charge in [-0.15, -0.1) is 0 Å². The van der Waals surface area contributed by atoms with Crippen LogP contribution in [-0.2, 0) is 11.2 Å². The second-order valence-electron chi connectivity index (χ2n) is 6.10. The van der Waals surface area contributed by atoms with E-state index < -0.39 is 0 Å². The molecule has 0 aliphatic heterocycles. The monoisotopic (exact) mass is 305 g/mol. The number of H-pyrrole nitrogens is 1. The van der Waals surface area contributed by atoms with Crippen molar-refractivity contribution < 1.29 is 4.79 Å². The Morgan fingerprint density at radius 1 is 1.04 bits per heavy atom. The summed E-state index contributed by atoms with van der Waals surface area (Å²) in [5.74, 6) is 0.541. The van der Waals surface area contributed by atoms with Gasteiger partial charge in [-0.25, -0.2) is 0 Å². The van der Waals surface area contributed by atoms with E-state index in [2.05, 4.69) is 67.4 Å². The molecule has 3 rings (SSSR count). The molecular formula is C21H23NO. The summed E-state index contributed by atoms with van der Waals surface area (Å²) in [6.45, 7) is 4.18. The van der Waals surface area contributed by atoms with Gasteiger partial charge in [0.1, 0.15) is 5.78 Å². The summed E-state index contributed by atoms with van der Waals surface area (Å²) in [7, 11) is 0. The molecule has 0 aliphatic rings. The maximum atomic E-state index is 12.4. The van der Waals surface area contributed by atoms with E-state index >= 15 is 0 Å². The molecule has 118 valence electrons. The Balaban J connectivity index is 1.91. The molecule has 0 aliphatic carbocycles. The third kappa shape index (κ3) is 3.21. The number of Topliss-reactive ketones (excluding diaryl/α,β-unsaturated/α-hetero) is 1. The van der Waals surface area contributed by atoms with E-state index in [0.29, 0.717) is 12.2 Å². The molecule has 0 atom stereocenters. The molecule has 3 aromatic rings. The standard InChI is InChI=1S/C21H23NO/c1-3-16(4-2)21(23)14-15-7-5-8-17(13-15)18-9-6-10-20-19(18)11-12-22-20/h5-13,16,22H,3-4,14H2,1-2H3. The molecule has 0 fully saturated rings. The average Bonchev–Trinajstić information content (AvgIpc) is 3.04. The van der Waals surface area contributed by atoms with Crippen LogP contribution in [0.15, 0.2) is 54.7 Å². The van der Waals surface area contributed by atoms with Gasteiger partial charge in [-0.05, 0) is 41.7 Å². The summed E-state index contributed by atoms with van der Waals surface area (Å²) in [6.07, 6.45) is 4.35. The molecule has 1 heterocycles. The zero-order valence-electron chi connectivity index (χ0n) is 13.8. The maximum absolute atomic E-state index is 12.4. The van der Waals surface area contributed by atoms with E-state index in [1.54, 1.807) is 0 Å². The first-order chi connectivity index (χ1) is 11.2. The molecule has 23 heavy (non-hydrogen) atoms. The topological polar surface area (TPSA) is 32.9 Å². The van der Waals surface area contributed by atoms with Crippen molar-refractivity contribution in [2.24, 2.45) is 5.92 Å². The van der Waals surface area contributed by atoms with E-state index in [4.69, 9.17) is 0 Å². The molecular weight excluding hydrogens is 282 g/mol. The fourth-order valence-corrected chi connectivity index (χ4v) is 3.28. The van der Waals surface area contributed by atoms with Gasteiger partial charge in [0.05, 0.1) is 0 Å². The average molecular weight is 305 g/mol. The predicted octanol–water partition coefficient (Wildman–Crippen LogP) is 5.38. The van der Waals surface area contributed by atoms with Crippen molar-refractivity contribution >= 4 is 16.7 Å². The summed E-state index contributed by atoms with van der Waals surface area (Å²) in [4.78, 5) is 15.6. The molecule has 0 amide bonds. The van der Waals surface area contributed by atoms with E-state index in [1.807, 2.05) is 6.20 Å². The smallest absolute Gasteiger partial charge is 0.140 e. The zero-order valence-corrected chi connectivity index (χ0v) is 13.8. The van der Waals surface area contributed by atoms with Gasteiger partial charge >= 0.3 is 0 Å². The Bertz CT molecular complexity index is 811. The summed E-state index contributed by atoms with van der Waals surface area (Å²) in [5.41, 5.74) is 4.62. The second kappa shape index (κ2) is 6.82. The zero-order chi connectivity index (χ0) is 16.2. The molecule has 1 N–H and O–H groups in total. The van der Waals surface area contributed by atoms with Crippen molar-refractivity contribution in [1.82, 2.24) is 4.98 Å². The number of rotatable bonds is 6. The van der Waals surface area contributed by atoms with Gasteiger partial charge in [0, 0.05) is 29.4 Å². The minimum absolute atomic E-state index is 0.187. The SMILES string of the molecule is CCC(CC)C(=O)Cc1cccc(-c2cccc3[nH]ccc23)c1. The minimum atomic E-state index is 0.187. The third-order valence-electron chi connectivity index (χ3n) is 4.65. The van der Waals surface area contributed by atoms with Crippen molar-refractivity contribution in [3.8, 4) is 11.1 Å². The van der Waals surface area contributed by atoms with Gasteiger partial charge in [0.15, 0.2) is 0 Å². The van der Waals surface area contributed by atoms with Crippen LogP contribution in [0, 0.1) is 5.92 Å². The molecule has 0 bridgehead atoms. The van der Waals surface area contributed by atoms with Crippen molar-refractivity contribution in [3.63, 3.8) is 0 Å². The van der Waals surface area contributed by atoms with Gasteiger partial charge in [0.2, 0.25) is 0 Å². The molecule has 2 nitrogen and oxygen atoms in total. The fraction of sp³-hybridized carbons (Fsp3) is 0.286. The lowest BCUT2D eigenvalue weighted by molar-refractivity contribution is -0.122. The van der Waals surface area contributed by atoms with Crippen LogP contribution in [0.25, 0.3) is 22.0 Å². The van der Waals surface area contributed by atoms with Crippen LogP contribution in [0.5, 0.6) is 0 Å². The number of nitrogens with one attached hydrogen (secondary N) is 1. The summed E-state index contributed by atoms with van der Waals surface area (Å²) in [6, 6.07) is 16.8. The minimum Gasteiger partial charge on any atom is -0.361 e. The van der Waals surface area contributed by atoms with E-state index in [1.165, 1.54) is 16.5 Å². The van der Waals surface area contributed by atoms with Gasteiger partial charge in [-0.3, -0.25) is 4.79 Å². The van der Waals surface area contributed by atoms with Crippen LogP contribution in [0.1, 0.15) is 32.3 Å². The first kappa shape index (κ1) is 15.5. The number of fused-ring (bicyclic) bond motifs is 1. The number of ketones is 1. The fourth-order valence-electron chi connectivity index (χ4n) is 3.28. The Labute approximate surface area is 137 Å². The number of carbonyl (C=O) groups is 1. The third-order valence-corrected chi connectivity index (χ3v) is 4.65. The molecule has 1 aromatic heterocycles. The number of benzene rings is 2. The lowest BCUT2D eigenvalue weighted by Gasteiger charge is -2.12. The van der Waals surface area contributed by atoms with Crippen molar-refractivity contribution in [2.45, 2.75) is 33.1 Å². The maximum Gasteiger partial charge on any atom is 0.140 e. The first-order valence-electron chi connectivity index (χ1n) is 8.41. The van der Waals surface area contributed by atoms with Gasteiger partial charge in [-0.1, -0.05) is 50.2 Å². The molecule has 2 heteroatoms. The number of hydrogen-bond donors (Lipinski definition) is 1. The van der Waals surface area contributed by atoms with Gasteiger partial charge in [0.25, 0.3) is 0 Å². The molecule has 0 unspecified atom stereocenters. The normalized spacial score (nSPS) is 11.3. The van der Waals surface area contributed by atoms with Gasteiger partial charge < -0.3 is 4.98 Å². The predicted molar refractivity (Wildman–Crippen MR) is 96.5 cm³/mol. The number of hydrogen-bond acceptors (Lipinski definition) is 1. The quantitative estimate of drug-likeness (QED) is 0.651. The van der Waals surface area contributed by atoms with Gasteiger partial charge in [-0.2, -0.15) is 0 Å². The molecule has 0 saturated carbocycles. The highest BCUT2D eigenvalue weighted by molar-refractivity contribution is 5.95. The largest absolute Gasteiger partial charge is 0.361 e. The first-order valence-corrected chi connectivity index (χ1v) is 8.41. The van der Waals surface area contributed by atoms with Crippen LogP contribution in [0.2, 0.25) is 0 Å². The Morgan fingerprint density at radius 2 is 1.83 bits per heavy atom. The Kier molecular flexibility index (Phi) is 4.61. The van der Waals surface area contributed by atoms with E-state index in [-0.39, 0.29) is 5.92 Å². The second-order valence-corrected chi connectivity index (χ2v) is 6.10. The highest BCUT2D eigenvalue weighted by Crippen LogP contribution is 2.29. The molecule has 2 aromatic carbocycles. The van der Waals surface area contributed by atoms with E-state index in [9.17, 15) is 4.79 Å². The number of aromatic amines is 1.